The van der Waals surface area contributed by atoms with Crippen molar-refractivity contribution in [2.45, 2.75) is 49.8 Å². The summed E-state index contributed by atoms with van der Waals surface area (Å²) in [6.45, 7) is 5.93. The van der Waals surface area contributed by atoms with E-state index >= 15 is 0 Å². The molecule has 0 spiro atoms. The Kier molecular flexibility index (Phi) is 4.91. The molecule has 1 heterocycles. The summed E-state index contributed by atoms with van der Waals surface area (Å²) in [5, 5.41) is 8.73. The first kappa shape index (κ1) is 15.2. The van der Waals surface area contributed by atoms with E-state index in [1.165, 1.54) is 12.1 Å². The highest BCUT2D eigenvalue weighted by Crippen LogP contribution is 2.26. The maximum absolute atomic E-state index is 12.2. The number of rotatable bonds is 6. The molecule has 1 rings (SSSR count). The molecule has 100 valence electrons. The summed E-state index contributed by atoms with van der Waals surface area (Å²) in [5.41, 5.74) is -0.393. The van der Waals surface area contributed by atoms with E-state index in [1.54, 1.807) is 0 Å². The fraction of sp³-hybridized carbons (Fsp3) is 0.583. The molecule has 0 aliphatic rings. The average molecular weight is 286 g/mol. The van der Waals surface area contributed by atoms with Crippen molar-refractivity contribution >= 4 is 21.4 Å². The van der Waals surface area contributed by atoms with Gasteiger partial charge in [-0.2, -0.15) is 5.26 Å². The topological polar surface area (TPSA) is 70.0 Å². The first-order valence-electron chi connectivity index (χ1n) is 5.97. The van der Waals surface area contributed by atoms with Crippen molar-refractivity contribution in [2.75, 3.05) is 0 Å². The highest BCUT2D eigenvalue weighted by Gasteiger charge is 2.31. The Morgan fingerprint density at radius 3 is 2.22 bits per heavy atom. The second-order valence-electron chi connectivity index (χ2n) is 4.18. The maximum atomic E-state index is 12.2. The third-order valence-electron chi connectivity index (χ3n) is 3.34. The zero-order chi connectivity index (χ0) is 13.8. The van der Waals surface area contributed by atoms with Crippen LogP contribution in [-0.2, 0) is 10.0 Å². The minimum Gasteiger partial charge on any atom is -0.206 e. The predicted octanol–water partition coefficient (Wildman–Crippen LogP) is 2.87. The zero-order valence-electron chi connectivity index (χ0n) is 10.9. The van der Waals surface area contributed by atoms with Crippen LogP contribution in [0.4, 0.5) is 0 Å². The molecule has 4 nitrogen and oxygen atoms in total. The minimum absolute atomic E-state index is 0.207. The molecule has 0 amide bonds. The SMILES string of the molecule is CCC(CC)(CC)NS(=O)(=O)c1ccc(C#N)s1. The summed E-state index contributed by atoms with van der Waals surface area (Å²) in [5.74, 6) is 0. The van der Waals surface area contributed by atoms with Crippen molar-refractivity contribution in [1.82, 2.24) is 4.72 Å². The highest BCUT2D eigenvalue weighted by molar-refractivity contribution is 7.91. The van der Waals surface area contributed by atoms with Gasteiger partial charge in [0.1, 0.15) is 15.2 Å². The lowest BCUT2D eigenvalue weighted by Gasteiger charge is -2.30. The van der Waals surface area contributed by atoms with Gasteiger partial charge in [-0.1, -0.05) is 20.8 Å². The van der Waals surface area contributed by atoms with E-state index in [-0.39, 0.29) is 4.21 Å². The Hall–Kier alpha value is -0.900. The van der Waals surface area contributed by atoms with Crippen molar-refractivity contribution in [3.8, 4) is 6.07 Å². The van der Waals surface area contributed by atoms with E-state index in [1.807, 2.05) is 26.8 Å². The molecule has 0 aromatic carbocycles. The third kappa shape index (κ3) is 3.10. The van der Waals surface area contributed by atoms with Gasteiger partial charge >= 0.3 is 0 Å². The lowest BCUT2D eigenvalue weighted by molar-refractivity contribution is 0.342. The first-order chi connectivity index (χ1) is 8.43. The number of sulfonamides is 1. The zero-order valence-corrected chi connectivity index (χ0v) is 12.5. The third-order valence-corrected chi connectivity index (χ3v) is 6.40. The Morgan fingerprint density at radius 2 is 1.83 bits per heavy atom. The molecule has 0 unspecified atom stereocenters. The second-order valence-corrected chi connectivity index (χ2v) is 7.17. The van der Waals surface area contributed by atoms with Crippen LogP contribution in [-0.4, -0.2) is 14.0 Å². The number of hydrogen-bond donors (Lipinski definition) is 1. The van der Waals surface area contributed by atoms with Crippen LogP contribution in [0.3, 0.4) is 0 Å². The van der Waals surface area contributed by atoms with Crippen LogP contribution in [0.1, 0.15) is 44.9 Å². The summed E-state index contributed by atoms with van der Waals surface area (Å²) in [6.07, 6.45) is 2.24. The van der Waals surface area contributed by atoms with Gasteiger partial charge in [0.05, 0.1) is 0 Å². The summed E-state index contributed by atoms with van der Waals surface area (Å²) < 4.78 is 27.5. The molecule has 1 aromatic heterocycles. The fourth-order valence-corrected chi connectivity index (χ4v) is 4.55. The standard InChI is InChI=1S/C12H18N2O2S2/c1-4-12(5-2,6-3)14-18(15,16)11-8-7-10(9-13)17-11/h7-8,14H,4-6H2,1-3H3. The van der Waals surface area contributed by atoms with Gasteiger partial charge in [0.15, 0.2) is 0 Å². The normalized spacial score (nSPS) is 12.3. The second kappa shape index (κ2) is 5.83. The molecule has 1 N–H and O–H groups in total. The van der Waals surface area contributed by atoms with Crippen LogP contribution < -0.4 is 4.72 Å². The van der Waals surface area contributed by atoms with Crippen LogP contribution in [0.25, 0.3) is 0 Å². The van der Waals surface area contributed by atoms with E-state index < -0.39 is 15.6 Å². The molecule has 0 radical (unpaired) electrons. The van der Waals surface area contributed by atoms with Crippen molar-refractivity contribution in [3.63, 3.8) is 0 Å². The van der Waals surface area contributed by atoms with Crippen molar-refractivity contribution in [2.24, 2.45) is 0 Å². The number of hydrogen-bond acceptors (Lipinski definition) is 4. The van der Waals surface area contributed by atoms with Crippen LogP contribution in [0.5, 0.6) is 0 Å². The number of nitrogens with one attached hydrogen (secondary N) is 1. The molecule has 0 bridgehead atoms. The predicted molar refractivity (Wildman–Crippen MR) is 73.0 cm³/mol. The van der Waals surface area contributed by atoms with E-state index in [2.05, 4.69) is 4.72 Å². The van der Waals surface area contributed by atoms with Crippen molar-refractivity contribution in [1.29, 1.82) is 5.26 Å². The molecule has 1 aromatic rings. The van der Waals surface area contributed by atoms with Gasteiger partial charge in [-0.3, -0.25) is 0 Å². The van der Waals surface area contributed by atoms with Gasteiger partial charge in [-0.05, 0) is 31.4 Å². The smallest absolute Gasteiger partial charge is 0.206 e. The molecular formula is C12H18N2O2S2. The summed E-state index contributed by atoms with van der Waals surface area (Å²) in [4.78, 5) is 0.408. The molecule has 18 heavy (non-hydrogen) atoms. The van der Waals surface area contributed by atoms with Crippen LogP contribution in [0.15, 0.2) is 16.3 Å². The first-order valence-corrected chi connectivity index (χ1v) is 8.27. The molecular weight excluding hydrogens is 268 g/mol. The van der Waals surface area contributed by atoms with E-state index in [0.717, 1.165) is 30.6 Å². The monoisotopic (exact) mass is 286 g/mol. The Morgan fingerprint density at radius 1 is 1.28 bits per heavy atom. The summed E-state index contributed by atoms with van der Waals surface area (Å²) in [7, 11) is -3.53. The average Bonchev–Trinajstić information content (AvgIpc) is 2.85. The number of thiophene rings is 1. The number of nitrogens with zero attached hydrogens (tertiary/aromatic N) is 1. The van der Waals surface area contributed by atoms with Gasteiger partial charge in [0, 0.05) is 5.54 Å². The summed E-state index contributed by atoms with van der Waals surface area (Å²) >= 11 is 1.00. The van der Waals surface area contributed by atoms with Gasteiger partial charge in [-0.25, -0.2) is 13.1 Å². The molecule has 0 aliphatic heterocycles. The molecule has 0 aliphatic carbocycles. The Bertz CT molecular complexity index is 528. The van der Waals surface area contributed by atoms with Gasteiger partial charge in [-0.15, -0.1) is 11.3 Å². The van der Waals surface area contributed by atoms with E-state index in [0.29, 0.717) is 4.88 Å². The van der Waals surface area contributed by atoms with E-state index in [9.17, 15) is 8.42 Å². The van der Waals surface area contributed by atoms with Gasteiger partial charge in [0.25, 0.3) is 10.0 Å². The number of nitriles is 1. The Balaban J connectivity index is 3.05. The molecule has 0 atom stereocenters. The Labute approximate surface area is 113 Å². The molecule has 6 heteroatoms. The van der Waals surface area contributed by atoms with Crippen LogP contribution in [0.2, 0.25) is 0 Å². The van der Waals surface area contributed by atoms with Crippen molar-refractivity contribution in [3.05, 3.63) is 17.0 Å². The lowest BCUT2D eigenvalue weighted by Crippen LogP contribution is -2.46. The van der Waals surface area contributed by atoms with Gasteiger partial charge < -0.3 is 0 Å². The quantitative estimate of drug-likeness (QED) is 0.874. The molecule has 0 fully saturated rings. The van der Waals surface area contributed by atoms with Crippen LogP contribution in [0, 0.1) is 11.3 Å². The fourth-order valence-electron chi connectivity index (χ4n) is 1.83. The van der Waals surface area contributed by atoms with Gasteiger partial charge in [0.2, 0.25) is 0 Å². The lowest BCUT2D eigenvalue weighted by atomic mass is 9.91. The molecule has 0 saturated carbocycles. The maximum Gasteiger partial charge on any atom is 0.250 e. The highest BCUT2D eigenvalue weighted by atomic mass is 32.2. The summed E-state index contributed by atoms with van der Waals surface area (Å²) in [6, 6.07) is 4.97. The van der Waals surface area contributed by atoms with Crippen LogP contribution >= 0.6 is 11.3 Å². The minimum atomic E-state index is -3.53. The van der Waals surface area contributed by atoms with E-state index in [4.69, 9.17) is 5.26 Å². The molecule has 0 saturated heterocycles. The largest absolute Gasteiger partial charge is 0.250 e. The van der Waals surface area contributed by atoms with Crippen molar-refractivity contribution < 1.29 is 8.42 Å².